The fourth-order valence-electron chi connectivity index (χ4n) is 2.92. The molecule has 0 aliphatic carbocycles. The molecule has 0 spiro atoms. The highest BCUT2D eigenvalue weighted by Gasteiger charge is 2.31. The van der Waals surface area contributed by atoms with E-state index >= 15 is 0 Å². The lowest BCUT2D eigenvalue weighted by atomic mass is 9.83. The van der Waals surface area contributed by atoms with Crippen molar-refractivity contribution in [3.8, 4) is 0 Å². The molecule has 1 N–H and O–H groups in total. The van der Waals surface area contributed by atoms with Gasteiger partial charge in [-0.2, -0.15) is 5.10 Å². The summed E-state index contributed by atoms with van der Waals surface area (Å²) >= 11 is 0. The molecule has 1 amide bonds. The molecule has 1 aliphatic heterocycles. The second-order valence-corrected chi connectivity index (χ2v) is 6.56. The van der Waals surface area contributed by atoms with Gasteiger partial charge in [0, 0.05) is 51.0 Å². The van der Waals surface area contributed by atoms with E-state index in [1.807, 2.05) is 20.3 Å². The molecule has 1 aliphatic rings. The summed E-state index contributed by atoms with van der Waals surface area (Å²) in [5.74, 6) is 0.112. The SMILES string of the molecule is CN(Cc1cnn(C)c1)C(=O)CN1CCCC(C)(CO)C1. The predicted molar refractivity (Wildman–Crippen MR) is 80.5 cm³/mol. The van der Waals surface area contributed by atoms with Crippen molar-refractivity contribution in [2.24, 2.45) is 12.5 Å². The molecule has 21 heavy (non-hydrogen) atoms. The molecule has 1 aromatic heterocycles. The van der Waals surface area contributed by atoms with Crippen molar-refractivity contribution >= 4 is 5.91 Å². The van der Waals surface area contributed by atoms with E-state index < -0.39 is 0 Å². The smallest absolute Gasteiger partial charge is 0.236 e. The lowest BCUT2D eigenvalue weighted by Crippen LogP contribution is -2.47. The fourth-order valence-corrected chi connectivity index (χ4v) is 2.92. The molecule has 0 radical (unpaired) electrons. The quantitative estimate of drug-likeness (QED) is 0.858. The molecular formula is C15H26N4O2. The molecule has 6 nitrogen and oxygen atoms in total. The topological polar surface area (TPSA) is 61.6 Å². The lowest BCUT2D eigenvalue weighted by molar-refractivity contribution is -0.132. The van der Waals surface area contributed by atoms with Gasteiger partial charge in [0.1, 0.15) is 0 Å². The number of likely N-dealkylation sites (tertiary alicyclic amines) is 1. The van der Waals surface area contributed by atoms with Crippen LogP contribution in [0.15, 0.2) is 12.4 Å². The van der Waals surface area contributed by atoms with E-state index in [-0.39, 0.29) is 17.9 Å². The molecule has 1 fully saturated rings. The molecule has 2 rings (SSSR count). The van der Waals surface area contributed by atoms with Gasteiger partial charge in [-0.1, -0.05) is 6.92 Å². The van der Waals surface area contributed by atoms with E-state index in [0.717, 1.165) is 31.5 Å². The second-order valence-electron chi connectivity index (χ2n) is 6.56. The van der Waals surface area contributed by atoms with E-state index in [2.05, 4.69) is 16.9 Å². The Bertz CT molecular complexity index is 488. The highest BCUT2D eigenvalue weighted by atomic mass is 16.3. The molecule has 6 heteroatoms. The van der Waals surface area contributed by atoms with Gasteiger partial charge in [-0.05, 0) is 19.4 Å². The first-order chi connectivity index (χ1) is 9.92. The van der Waals surface area contributed by atoms with E-state index in [1.54, 1.807) is 15.8 Å². The maximum atomic E-state index is 12.3. The summed E-state index contributed by atoms with van der Waals surface area (Å²) in [6.45, 7) is 4.99. The average Bonchev–Trinajstić information content (AvgIpc) is 2.84. The molecule has 1 aromatic rings. The average molecular weight is 294 g/mol. The third-order valence-electron chi connectivity index (χ3n) is 4.20. The number of carbonyl (C=O) groups is 1. The van der Waals surface area contributed by atoms with Crippen LogP contribution in [0.4, 0.5) is 0 Å². The van der Waals surface area contributed by atoms with Crippen LogP contribution in [0, 0.1) is 5.41 Å². The Morgan fingerprint density at radius 3 is 2.95 bits per heavy atom. The van der Waals surface area contributed by atoms with Crippen LogP contribution in [0.1, 0.15) is 25.3 Å². The molecule has 118 valence electrons. The van der Waals surface area contributed by atoms with Crippen LogP contribution < -0.4 is 0 Å². The van der Waals surface area contributed by atoms with Gasteiger partial charge in [-0.25, -0.2) is 0 Å². The molecule has 0 saturated carbocycles. The van der Waals surface area contributed by atoms with Crippen LogP contribution in [0.2, 0.25) is 0 Å². The zero-order valence-corrected chi connectivity index (χ0v) is 13.2. The first-order valence-corrected chi connectivity index (χ1v) is 7.46. The summed E-state index contributed by atoms with van der Waals surface area (Å²) in [7, 11) is 3.69. The Kier molecular flexibility index (Phi) is 5.00. The number of aliphatic hydroxyl groups excluding tert-OH is 1. The van der Waals surface area contributed by atoms with Gasteiger partial charge in [0.25, 0.3) is 0 Å². The first-order valence-electron chi connectivity index (χ1n) is 7.46. The van der Waals surface area contributed by atoms with E-state index in [9.17, 15) is 9.90 Å². The highest BCUT2D eigenvalue weighted by molar-refractivity contribution is 5.78. The van der Waals surface area contributed by atoms with Gasteiger partial charge >= 0.3 is 0 Å². The van der Waals surface area contributed by atoms with Gasteiger partial charge in [0.15, 0.2) is 0 Å². The van der Waals surface area contributed by atoms with E-state index in [0.29, 0.717) is 13.1 Å². The maximum Gasteiger partial charge on any atom is 0.236 e. The predicted octanol–water partition coefficient (Wildman–Crippen LogP) is 0.473. The van der Waals surface area contributed by atoms with Crippen molar-refractivity contribution in [2.75, 3.05) is 33.3 Å². The molecule has 1 atom stereocenters. The normalized spacial score (nSPS) is 23.2. The number of likely N-dealkylation sites (N-methyl/N-ethyl adjacent to an activating group) is 1. The third-order valence-corrected chi connectivity index (χ3v) is 4.20. The number of carbonyl (C=O) groups excluding carboxylic acids is 1. The minimum atomic E-state index is -0.0690. The Morgan fingerprint density at radius 2 is 2.33 bits per heavy atom. The summed E-state index contributed by atoms with van der Waals surface area (Å²) < 4.78 is 1.74. The van der Waals surface area contributed by atoms with Crippen molar-refractivity contribution in [2.45, 2.75) is 26.3 Å². The van der Waals surface area contributed by atoms with Crippen LogP contribution in [0.3, 0.4) is 0 Å². The van der Waals surface area contributed by atoms with Crippen molar-refractivity contribution in [1.29, 1.82) is 0 Å². The number of nitrogens with zero attached hydrogens (tertiary/aromatic N) is 4. The number of piperidine rings is 1. The van der Waals surface area contributed by atoms with Crippen LogP contribution >= 0.6 is 0 Å². The second kappa shape index (κ2) is 6.58. The Hall–Kier alpha value is -1.40. The summed E-state index contributed by atoms with van der Waals surface area (Å²) in [6.07, 6.45) is 5.78. The molecule has 0 bridgehead atoms. The summed E-state index contributed by atoms with van der Waals surface area (Å²) in [5.41, 5.74) is 0.965. The van der Waals surface area contributed by atoms with Crippen molar-refractivity contribution in [1.82, 2.24) is 19.6 Å². The Balaban J connectivity index is 1.85. The van der Waals surface area contributed by atoms with Gasteiger partial charge < -0.3 is 10.0 Å². The Morgan fingerprint density at radius 1 is 1.57 bits per heavy atom. The monoisotopic (exact) mass is 294 g/mol. The number of hydrogen-bond acceptors (Lipinski definition) is 4. The zero-order valence-electron chi connectivity index (χ0n) is 13.2. The summed E-state index contributed by atoms with van der Waals surface area (Å²) in [4.78, 5) is 16.2. The summed E-state index contributed by atoms with van der Waals surface area (Å²) in [5, 5.41) is 13.6. The minimum Gasteiger partial charge on any atom is -0.396 e. The third kappa shape index (κ3) is 4.28. The summed E-state index contributed by atoms with van der Waals surface area (Å²) in [6, 6.07) is 0. The number of rotatable bonds is 5. The molecule has 0 aromatic carbocycles. The number of aliphatic hydroxyl groups is 1. The number of amides is 1. The van der Waals surface area contributed by atoms with Gasteiger partial charge in [0.05, 0.1) is 12.7 Å². The minimum absolute atomic E-state index is 0.0690. The van der Waals surface area contributed by atoms with Gasteiger partial charge in [-0.15, -0.1) is 0 Å². The zero-order chi connectivity index (χ0) is 15.5. The molecule has 1 unspecified atom stereocenters. The van der Waals surface area contributed by atoms with Gasteiger partial charge in [0.2, 0.25) is 5.91 Å². The molecular weight excluding hydrogens is 268 g/mol. The molecule has 2 heterocycles. The first kappa shape index (κ1) is 16.0. The van der Waals surface area contributed by atoms with E-state index in [1.165, 1.54) is 0 Å². The van der Waals surface area contributed by atoms with E-state index in [4.69, 9.17) is 0 Å². The van der Waals surface area contributed by atoms with Gasteiger partial charge in [-0.3, -0.25) is 14.4 Å². The fraction of sp³-hybridized carbons (Fsp3) is 0.733. The van der Waals surface area contributed by atoms with Crippen LogP contribution in [-0.2, 0) is 18.4 Å². The standard InChI is InChI=1S/C15H26N4O2/c1-15(12-20)5-4-6-19(11-15)10-14(21)17(2)8-13-7-16-18(3)9-13/h7,9,20H,4-6,8,10-12H2,1-3H3. The van der Waals surface area contributed by atoms with Crippen molar-refractivity contribution in [3.05, 3.63) is 18.0 Å². The Labute approximate surface area is 126 Å². The maximum absolute atomic E-state index is 12.3. The largest absolute Gasteiger partial charge is 0.396 e. The van der Waals surface area contributed by atoms with Crippen molar-refractivity contribution in [3.63, 3.8) is 0 Å². The highest BCUT2D eigenvalue weighted by Crippen LogP contribution is 2.28. The number of hydrogen-bond donors (Lipinski definition) is 1. The van der Waals surface area contributed by atoms with Crippen LogP contribution in [0.5, 0.6) is 0 Å². The number of aromatic nitrogens is 2. The van der Waals surface area contributed by atoms with Crippen LogP contribution in [-0.4, -0.2) is 63.9 Å². The lowest BCUT2D eigenvalue weighted by Gasteiger charge is -2.39. The molecule has 1 saturated heterocycles. The van der Waals surface area contributed by atoms with Crippen molar-refractivity contribution < 1.29 is 9.90 Å². The van der Waals surface area contributed by atoms with Crippen LogP contribution in [0.25, 0.3) is 0 Å². The number of aryl methyl sites for hydroxylation is 1.